The van der Waals surface area contributed by atoms with Gasteiger partial charge >= 0.3 is 18.0 Å². The number of carbonyl (C=O) groups is 4. The molecule has 0 heterocycles. The predicted molar refractivity (Wildman–Crippen MR) is 75.3 cm³/mol. The number of hydrogen-bond acceptors (Lipinski definition) is 5. The van der Waals surface area contributed by atoms with Crippen molar-refractivity contribution >= 4 is 23.9 Å². The molecule has 0 unspecified atom stereocenters. The number of carboxylic acids is 2. The standard InChI is InChI=1S/C13H22N2O7/c1-13(2,3)22-12(21)14-7-6-9(16)15-8(11(19)20)4-5-10(17)18/h8H,4-7H2,1-3H3,(H,14,21)(H,15,16)(H,17,18)(H,19,20)/t8-/m0/s1. The number of hydrogen-bond donors (Lipinski definition) is 4. The molecular weight excluding hydrogens is 296 g/mol. The molecule has 4 N–H and O–H groups in total. The van der Waals surface area contributed by atoms with E-state index in [1.807, 2.05) is 0 Å². The van der Waals surface area contributed by atoms with Crippen molar-refractivity contribution in [1.29, 1.82) is 0 Å². The van der Waals surface area contributed by atoms with Crippen LogP contribution in [0.2, 0.25) is 0 Å². The Morgan fingerprint density at radius 2 is 1.68 bits per heavy atom. The highest BCUT2D eigenvalue weighted by Gasteiger charge is 2.21. The van der Waals surface area contributed by atoms with Crippen LogP contribution in [0.1, 0.15) is 40.0 Å². The first-order chi connectivity index (χ1) is 10.0. The van der Waals surface area contributed by atoms with E-state index >= 15 is 0 Å². The summed E-state index contributed by atoms with van der Waals surface area (Å²) in [4.78, 5) is 44.2. The summed E-state index contributed by atoms with van der Waals surface area (Å²) in [6, 6.07) is -1.27. The first kappa shape index (κ1) is 19.7. The zero-order chi connectivity index (χ0) is 17.3. The molecule has 0 aliphatic rings. The molecule has 9 heteroatoms. The van der Waals surface area contributed by atoms with Crippen molar-refractivity contribution in [3.05, 3.63) is 0 Å². The summed E-state index contributed by atoms with van der Waals surface area (Å²) < 4.78 is 4.96. The van der Waals surface area contributed by atoms with Gasteiger partial charge in [0.15, 0.2) is 0 Å². The van der Waals surface area contributed by atoms with Crippen molar-refractivity contribution in [3.63, 3.8) is 0 Å². The van der Waals surface area contributed by atoms with Gasteiger partial charge < -0.3 is 25.6 Å². The van der Waals surface area contributed by atoms with Crippen LogP contribution in [-0.4, -0.2) is 52.3 Å². The second kappa shape index (κ2) is 8.85. The average Bonchev–Trinajstić information content (AvgIpc) is 2.31. The molecule has 0 aliphatic heterocycles. The Bertz CT molecular complexity index is 429. The monoisotopic (exact) mass is 318 g/mol. The molecule has 2 amide bonds. The molecule has 126 valence electrons. The van der Waals surface area contributed by atoms with E-state index in [-0.39, 0.29) is 25.8 Å². The smallest absolute Gasteiger partial charge is 0.407 e. The van der Waals surface area contributed by atoms with Gasteiger partial charge in [-0.3, -0.25) is 9.59 Å². The minimum absolute atomic E-state index is 0.0218. The van der Waals surface area contributed by atoms with Gasteiger partial charge in [-0.25, -0.2) is 9.59 Å². The predicted octanol–water partition coefficient (Wildman–Crippen LogP) is 0.335. The number of rotatable bonds is 8. The molecule has 0 aliphatic carbocycles. The number of nitrogens with one attached hydrogen (secondary N) is 2. The number of aliphatic carboxylic acids is 2. The van der Waals surface area contributed by atoms with Gasteiger partial charge in [-0.1, -0.05) is 0 Å². The number of ether oxygens (including phenoxy) is 1. The van der Waals surface area contributed by atoms with Crippen LogP contribution in [0.4, 0.5) is 4.79 Å². The summed E-state index contributed by atoms with van der Waals surface area (Å²) in [5.74, 6) is -3.06. The zero-order valence-corrected chi connectivity index (χ0v) is 12.8. The molecule has 0 bridgehead atoms. The van der Waals surface area contributed by atoms with E-state index in [4.69, 9.17) is 14.9 Å². The number of amides is 2. The molecule has 0 fully saturated rings. The Hall–Kier alpha value is -2.32. The fourth-order valence-corrected chi connectivity index (χ4v) is 1.38. The Kier molecular flexibility index (Phi) is 7.92. The second-order valence-electron chi connectivity index (χ2n) is 5.57. The van der Waals surface area contributed by atoms with Gasteiger partial charge in [0.1, 0.15) is 11.6 Å². The third kappa shape index (κ3) is 10.5. The molecule has 0 radical (unpaired) electrons. The van der Waals surface area contributed by atoms with E-state index in [1.165, 1.54) is 0 Å². The zero-order valence-electron chi connectivity index (χ0n) is 12.8. The molecular formula is C13H22N2O7. The van der Waals surface area contributed by atoms with Crippen molar-refractivity contribution in [3.8, 4) is 0 Å². The lowest BCUT2D eigenvalue weighted by Crippen LogP contribution is -2.42. The van der Waals surface area contributed by atoms with Crippen LogP contribution >= 0.6 is 0 Å². The lowest BCUT2D eigenvalue weighted by molar-refractivity contribution is -0.143. The fourth-order valence-electron chi connectivity index (χ4n) is 1.38. The molecule has 0 aromatic rings. The average molecular weight is 318 g/mol. The van der Waals surface area contributed by atoms with E-state index in [0.717, 1.165) is 0 Å². The minimum atomic E-state index is -1.31. The van der Waals surface area contributed by atoms with Crippen LogP contribution < -0.4 is 10.6 Å². The number of alkyl carbamates (subject to hydrolysis) is 1. The number of carboxylic acid groups (broad SMARTS) is 2. The lowest BCUT2D eigenvalue weighted by Gasteiger charge is -2.19. The van der Waals surface area contributed by atoms with E-state index in [0.29, 0.717) is 0 Å². The molecule has 0 saturated heterocycles. The van der Waals surface area contributed by atoms with Gasteiger partial charge in [0.25, 0.3) is 0 Å². The summed E-state index contributed by atoms with van der Waals surface area (Å²) in [7, 11) is 0. The summed E-state index contributed by atoms with van der Waals surface area (Å²) in [5, 5.41) is 21.9. The molecule has 0 aromatic carbocycles. The van der Waals surface area contributed by atoms with E-state index in [2.05, 4.69) is 10.6 Å². The molecule has 0 saturated carbocycles. The highest BCUT2D eigenvalue weighted by molar-refractivity contribution is 5.84. The maximum atomic E-state index is 11.6. The van der Waals surface area contributed by atoms with Crippen LogP contribution in [-0.2, 0) is 19.1 Å². The first-order valence-electron chi connectivity index (χ1n) is 6.72. The van der Waals surface area contributed by atoms with Crippen molar-refractivity contribution in [2.75, 3.05) is 6.54 Å². The van der Waals surface area contributed by atoms with Gasteiger partial charge in [-0.2, -0.15) is 0 Å². The highest BCUT2D eigenvalue weighted by Crippen LogP contribution is 2.06. The van der Waals surface area contributed by atoms with E-state index in [9.17, 15) is 19.2 Å². The normalized spacial score (nSPS) is 12.1. The van der Waals surface area contributed by atoms with Crippen molar-refractivity contribution in [2.45, 2.75) is 51.7 Å². The topological polar surface area (TPSA) is 142 Å². The van der Waals surface area contributed by atoms with Crippen LogP contribution in [0.25, 0.3) is 0 Å². The lowest BCUT2D eigenvalue weighted by atomic mass is 10.1. The van der Waals surface area contributed by atoms with Gasteiger partial charge in [0.2, 0.25) is 5.91 Å². The second-order valence-corrected chi connectivity index (χ2v) is 5.57. The quantitative estimate of drug-likeness (QED) is 0.505. The van der Waals surface area contributed by atoms with Gasteiger partial charge in [0.05, 0.1) is 0 Å². The van der Waals surface area contributed by atoms with Crippen molar-refractivity contribution < 1.29 is 34.1 Å². The molecule has 0 aromatic heterocycles. The van der Waals surface area contributed by atoms with Crippen LogP contribution in [0.5, 0.6) is 0 Å². The SMILES string of the molecule is CC(C)(C)OC(=O)NCCC(=O)N[C@@H](CCC(=O)O)C(=O)O. The maximum absolute atomic E-state index is 11.6. The Morgan fingerprint density at radius 1 is 1.09 bits per heavy atom. The molecule has 1 atom stereocenters. The molecule has 22 heavy (non-hydrogen) atoms. The number of carbonyl (C=O) groups excluding carboxylic acids is 2. The Morgan fingerprint density at radius 3 is 2.14 bits per heavy atom. The first-order valence-corrected chi connectivity index (χ1v) is 6.72. The summed E-state index contributed by atoms with van der Waals surface area (Å²) in [6.07, 6.45) is -1.40. The van der Waals surface area contributed by atoms with Gasteiger partial charge in [0, 0.05) is 19.4 Å². The third-order valence-electron chi connectivity index (χ3n) is 2.30. The van der Waals surface area contributed by atoms with E-state index in [1.54, 1.807) is 20.8 Å². The Balaban J connectivity index is 4.12. The van der Waals surface area contributed by atoms with Crippen molar-refractivity contribution in [2.24, 2.45) is 0 Å². The van der Waals surface area contributed by atoms with Crippen LogP contribution in [0.3, 0.4) is 0 Å². The van der Waals surface area contributed by atoms with Gasteiger partial charge in [-0.05, 0) is 27.2 Å². The van der Waals surface area contributed by atoms with Crippen LogP contribution in [0, 0.1) is 0 Å². The van der Waals surface area contributed by atoms with Gasteiger partial charge in [-0.15, -0.1) is 0 Å². The van der Waals surface area contributed by atoms with E-state index < -0.39 is 35.6 Å². The summed E-state index contributed by atoms with van der Waals surface area (Å²) in [6.45, 7) is 5.06. The fraction of sp³-hybridized carbons (Fsp3) is 0.692. The van der Waals surface area contributed by atoms with Crippen LogP contribution in [0.15, 0.2) is 0 Å². The highest BCUT2D eigenvalue weighted by atomic mass is 16.6. The van der Waals surface area contributed by atoms with Crippen molar-refractivity contribution in [1.82, 2.24) is 10.6 Å². The molecule has 0 rings (SSSR count). The largest absolute Gasteiger partial charge is 0.481 e. The molecule has 9 nitrogen and oxygen atoms in total. The third-order valence-corrected chi connectivity index (χ3v) is 2.30. The minimum Gasteiger partial charge on any atom is -0.481 e. The summed E-state index contributed by atoms with van der Waals surface area (Å²) >= 11 is 0. The Labute approximate surface area is 128 Å². The maximum Gasteiger partial charge on any atom is 0.407 e. The summed E-state index contributed by atoms with van der Waals surface area (Å²) in [5.41, 5.74) is -0.655. The molecule has 0 spiro atoms.